The molecule has 1 aromatic heterocycles. The van der Waals surface area contributed by atoms with E-state index in [1.807, 2.05) is 35.1 Å². The molecule has 0 radical (unpaired) electrons. The summed E-state index contributed by atoms with van der Waals surface area (Å²) >= 11 is 0. The molecule has 2 N–H and O–H groups in total. The monoisotopic (exact) mass is 229 g/mol. The molecule has 0 saturated heterocycles. The number of nitrogens with one attached hydrogen (secondary N) is 1. The molecule has 88 valence electrons. The lowest BCUT2D eigenvalue weighted by Crippen LogP contribution is -2.07. The maximum atomic E-state index is 8.72. The predicted octanol–water partition coefficient (Wildman–Crippen LogP) is 2.23. The second-order valence-corrected chi connectivity index (χ2v) is 4.45. The molecule has 0 amide bonds. The molecule has 1 fully saturated rings. The molecule has 1 heterocycles. The van der Waals surface area contributed by atoms with E-state index in [0.29, 0.717) is 12.5 Å². The van der Waals surface area contributed by atoms with E-state index < -0.39 is 0 Å². The van der Waals surface area contributed by atoms with Crippen LogP contribution in [0.3, 0.4) is 0 Å². The van der Waals surface area contributed by atoms with E-state index in [-0.39, 0.29) is 0 Å². The van der Waals surface area contributed by atoms with Gasteiger partial charge < -0.3 is 5.21 Å². The second-order valence-electron chi connectivity index (χ2n) is 4.45. The van der Waals surface area contributed by atoms with Crippen molar-refractivity contribution in [2.75, 3.05) is 0 Å². The van der Waals surface area contributed by atoms with E-state index in [1.165, 1.54) is 18.5 Å². The SMILES string of the molecule is ONCc1cccc(-n2nccc2C2CC2)c1. The van der Waals surface area contributed by atoms with E-state index in [9.17, 15) is 0 Å². The maximum absolute atomic E-state index is 8.72. The lowest BCUT2D eigenvalue weighted by Gasteiger charge is -2.08. The Balaban J connectivity index is 1.96. The zero-order valence-corrected chi connectivity index (χ0v) is 9.50. The molecule has 0 bridgehead atoms. The van der Waals surface area contributed by atoms with Crippen molar-refractivity contribution in [1.82, 2.24) is 15.3 Å². The molecular formula is C13H15N3O. The normalized spacial score (nSPS) is 15.1. The van der Waals surface area contributed by atoms with Crippen LogP contribution in [0, 0.1) is 0 Å². The molecule has 1 saturated carbocycles. The Labute approximate surface area is 99.8 Å². The summed E-state index contributed by atoms with van der Waals surface area (Å²) in [6.07, 6.45) is 4.39. The van der Waals surface area contributed by atoms with Gasteiger partial charge in [0.15, 0.2) is 0 Å². The minimum atomic E-state index is 0.452. The Morgan fingerprint density at radius 3 is 3.00 bits per heavy atom. The van der Waals surface area contributed by atoms with E-state index >= 15 is 0 Å². The van der Waals surface area contributed by atoms with E-state index in [0.717, 1.165) is 11.3 Å². The van der Waals surface area contributed by atoms with Crippen molar-refractivity contribution in [3.05, 3.63) is 47.8 Å². The number of hydrogen-bond donors (Lipinski definition) is 2. The Morgan fingerprint density at radius 2 is 2.24 bits per heavy atom. The number of nitrogens with zero attached hydrogens (tertiary/aromatic N) is 2. The van der Waals surface area contributed by atoms with E-state index in [2.05, 4.69) is 16.6 Å². The van der Waals surface area contributed by atoms with Crippen molar-refractivity contribution in [1.29, 1.82) is 0 Å². The first-order valence-electron chi connectivity index (χ1n) is 5.88. The maximum Gasteiger partial charge on any atom is 0.0652 e. The minimum absolute atomic E-state index is 0.452. The average molecular weight is 229 g/mol. The van der Waals surface area contributed by atoms with Crippen LogP contribution in [0.25, 0.3) is 5.69 Å². The van der Waals surface area contributed by atoms with Gasteiger partial charge in [-0.1, -0.05) is 12.1 Å². The van der Waals surface area contributed by atoms with Crippen LogP contribution in [0.4, 0.5) is 0 Å². The highest BCUT2D eigenvalue weighted by Crippen LogP contribution is 2.40. The largest absolute Gasteiger partial charge is 0.316 e. The first-order chi connectivity index (χ1) is 8.38. The van der Waals surface area contributed by atoms with Gasteiger partial charge >= 0.3 is 0 Å². The van der Waals surface area contributed by atoms with Crippen LogP contribution in [0.5, 0.6) is 0 Å². The summed E-state index contributed by atoms with van der Waals surface area (Å²) in [7, 11) is 0. The third kappa shape index (κ3) is 2.09. The molecule has 0 atom stereocenters. The van der Waals surface area contributed by atoms with Crippen LogP contribution >= 0.6 is 0 Å². The van der Waals surface area contributed by atoms with Crippen molar-refractivity contribution in [2.24, 2.45) is 0 Å². The molecule has 1 aliphatic carbocycles. The van der Waals surface area contributed by atoms with Crippen LogP contribution in [0.1, 0.15) is 30.0 Å². The summed E-state index contributed by atoms with van der Waals surface area (Å²) in [4.78, 5) is 0. The summed E-state index contributed by atoms with van der Waals surface area (Å²) in [6.45, 7) is 0.452. The Morgan fingerprint density at radius 1 is 1.35 bits per heavy atom. The van der Waals surface area contributed by atoms with Crippen molar-refractivity contribution in [2.45, 2.75) is 25.3 Å². The van der Waals surface area contributed by atoms with E-state index in [1.54, 1.807) is 0 Å². The highest BCUT2D eigenvalue weighted by Gasteiger charge is 2.27. The first-order valence-corrected chi connectivity index (χ1v) is 5.88. The lowest BCUT2D eigenvalue weighted by molar-refractivity contribution is 0.161. The zero-order chi connectivity index (χ0) is 11.7. The second kappa shape index (κ2) is 4.31. The predicted molar refractivity (Wildman–Crippen MR) is 64.2 cm³/mol. The number of aromatic nitrogens is 2. The Bertz CT molecular complexity index is 517. The summed E-state index contributed by atoms with van der Waals surface area (Å²) in [5.41, 5.74) is 5.57. The summed E-state index contributed by atoms with van der Waals surface area (Å²) in [5.74, 6) is 0.678. The number of benzene rings is 1. The van der Waals surface area contributed by atoms with Crippen LogP contribution in [0.15, 0.2) is 36.5 Å². The van der Waals surface area contributed by atoms with Crippen LogP contribution < -0.4 is 5.48 Å². The quantitative estimate of drug-likeness (QED) is 0.790. The van der Waals surface area contributed by atoms with Crippen LogP contribution in [-0.4, -0.2) is 15.0 Å². The third-order valence-corrected chi connectivity index (χ3v) is 3.11. The average Bonchev–Trinajstić information content (AvgIpc) is 3.08. The van der Waals surface area contributed by atoms with Crippen LogP contribution in [-0.2, 0) is 6.54 Å². The summed E-state index contributed by atoms with van der Waals surface area (Å²) < 4.78 is 2.00. The molecule has 1 aliphatic rings. The standard InChI is InChI=1S/C13H15N3O/c17-15-9-10-2-1-3-12(8-10)16-13(6-7-14-16)11-4-5-11/h1-3,6-8,11,15,17H,4-5,9H2. The topological polar surface area (TPSA) is 50.1 Å². The molecule has 2 aromatic rings. The highest BCUT2D eigenvalue weighted by atomic mass is 16.5. The van der Waals surface area contributed by atoms with Gasteiger partial charge in [0, 0.05) is 24.4 Å². The fourth-order valence-corrected chi connectivity index (χ4v) is 2.11. The summed E-state index contributed by atoms with van der Waals surface area (Å²) in [6, 6.07) is 10.1. The van der Waals surface area contributed by atoms with Gasteiger partial charge in [0.2, 0.25) is 0 Å². The van der Waals surface area contributed by atoms with Crippen molar-refractivity contribution < 1.29 is 5.21 Å². The zero-order valence-electron chi connectivity index (χ0n) is 9.50. The van der Waals surface area contributed by atoms with Gasteiger partial charge in [-0.3, -0.25) is 0 Å². The number of hydroxylamine groups is 1. The molecule has 3 rings (SSSR count). The van der Waals surface area contributed by atoms with Gasteiger partial charge in [-0.2, -0.15) is 5.10 Å². The molecule has 4 heteroatoms. The van der Waals surface area contributed by atoms with E-state index in [4.69, 9.17) is 5.21 Å². The highest BCUT2D eigenvalue weighted by molar-refractivity contribution is 5.37. The molecule has 0 aliphatic heterocycles. The number of hydrogen-bond acceptors (Lipinski definition) is 3. The molecule has 0 spiro atoms. The molecular weight excluding hydrogens is 214 g/mol. The van der Waals surface area contributed by atoms with Gasteiger partial charge in [0.25, 0.3) is 0 Å². The fourth-order valence-electron chi connectivity index (χ4n) is 2.11. The Hall–Kier alpha value is -1.65. The smallest absolute Gasteiger partial charge is 0.0652 e. The van der Waals surface area contributed by atoms with Crippen molar-refractivity contribution in [3.63, 3.8) is 0 Å². The van der Waals surface area contributed by atoms with Crippen molar-refractivity contribution >= 4 is 0 Å². The molecule has 1 aromatic carbocycles. The Kier molecular flexibility index (Phi) is 2.66. The number of rotatable bonds is 4. The first kappa shape index (κ1) is 10.5. The molecule has 4 nitrogen and oxygen atoms in total. The minimum Gasteiger partial charge on any atom is -0.316 e. The lowest BCUT2D eigenvalue weighted by atomic mass is 10.2. The van der Waals surface area contributed by atoms with Gasteiger partial charge in [0.1, 0.15) is 0 Å². The third-order valence-electron chi connectivity index (χ3n) is 3.11. The van der Waals surface area contributed by atoms with Gasteiger partial charge in [-0.15, -0.1) is 0 Å². The summed E-state index contributed by atoms with van der Waals surface area (Å²) in [5, 5.41) is 13.1. The van der Waals surface area contributed by atoms with Crippen molar-refractivity contribution in [3.8, 4) is 5.69 Å². The molecule has 0 unspecified atom stereocenters. The van der Waals surface area contributed by atoms with Crippen LogP contribution in [0.2, 0.25) is 0 Å². The fraction of sp³-hybridized carbons (Fsp3) is 0.308. The molecule has 17 heavy (non-hydrogen) atoms. The van der Waals surface area contributed by atoms with Gasteiger partial charge in [-0.05, 0) is 36.6 Å². The van der Waals surface area contributed by atoms with Gasteiger partial charge in [-0.25, -0.2) is 10.2 Å². The van der Waals surface area contributed by atoms with Gasteiger partial charge in [0.05, 0.1) is 5.69 Å².